The monoisotopic (exact) mass is 305 g/mol. The number of carbonyl (C=O) groups excluding carboxylic acids is 1. The van der Waals surface area contributed by atoms with E-state index in [1.54, 1.807) is 22.4 Å². The molecule has 0 aromatic carbocycles. The SMILES string of the molecule is Cc1nc(C(C)C)sc1C(C)N(C)C(=O)c1cc[nH]c1C. The van der Waals surface area contributed by atoms with Crippen LogP contribution in [0, 0.1) is 13.8 Å². The molecule has 114 valence electrons. The van der Waals surface area contributed by atoms with Gasteiger partial charge in [-0.1, -0.05) is 13.8 Å². The molecule has 0 saturated heterocycles. The van der Waals surface area contributed by atoms with Crippen molar-refractivity contribution in [3.05, 3.63) is 39.1 Å². The molecule has 2 aromatic heterocycles. The van der Waals surface area contributed by atoms with Crippen LogP contribution in [0.2, 0.25) is 0 Å². The van der Waals surface area contributed by atoms with Crippen LogP contribution in [0.4, 0.5) is 0 Å². The molecule has 21 heavy (non-hydrogen) atoms. The minimum atomic E-state index is 0.0248. The van der Waals surface area contributed by atoms with Crippen LogP contribution in [0.5, 0.6) is 0 Å². The third-order valence-corrected chi connectivity index (χ3v) is 5.44. The van der Waals surface area contributed by atoms with Gasteiger partial charge in [0.15, 0.2) is 0 Å². The van der Waals surface area contributed by atoms with Gasteiger partial charge in [0, 0.05) is 29.7 Å². The van der Waals surface area contributed by atoms with Crippen LogP contribution in [-0.4, -0.2) is 27.8 Å². The standard InChI is InChI=1S/C16H23N3OS/c1-9(2)15-18-11(4)14(21-15)12(5)19(6)16(20)13-7-8-17-10(13)3/h7-9,12,17H,1-6H3. The molecule has 5 heteroatoms. The van der Waals surface area contributed by atoms with Gasteiger partial charge in [-0.05, 0) is 26.8 Å². The fourth-order valence-electron chi connectivity index (χ4n) is 2.29. The first-order valence-corrected chi connectivity index (χ1v) is 8.03. The second-order valence-corrected chi connectivity index (χ2v) is 6.83. The Morgan fingerprint density at radius 1 is 1.33 bits per heavy atom. The number of H-pyrrole nitrogens is 1. The maximum atomic E-state index is 12.6. The number of amides is 1. The van der Waals surface area contributed by atoms with Crippen LogP contribution in [0.3, 0.4) is 0 Å². The van der Waals surface area contributed by atoms with E-state index in [4.69, 9.17) is 0 Å². The molecule has 0 fully saturated rings. The van der Waals surface area contributed by atoms with E-state index in [0.717, 1.165) is 22.0 Å². The summed E-state index contributed by atoms with van der Waals surface area (Å²) in [6, 6.07) is 1.86. The van der Waals surface area contributed by atoms with Crippen molar-refractivity contribution in [2.24, 2.45) is 0 Å². The van der Waals surface area contributed by atoms with Gasteiger partial charge in [-0.2, -0.15) is 0 Å². The Labute approximate surface area is 130 Å². The van der Waals surface area contributed by atoms with Crippen LogP contribution < -0.4 is 0 Å². The Kier molecular flexibility index (Phi) is 4.52. The Morgan fingerprint density at radius 3 is 2.48 bits per heavy atom. The number of rotatable bonds is 4. The van der Waals surface area contributed by atoms with E-state index >= 15 is 0 Å². The summed E-state index contributed by atoms with van der Waals surface area (Å²) >= 11 is 1.71. The number of aromatic nitrogens is 2. The molecule has 2 rings (SSSR count). The molecule has 2 heterocycles. The average Bonchev–Trinajstić information content (AvgIpc) is 3.02. The molecule has 0 saturated carbocycles. The highest BCUT2D eigenvalue weighted by molar-refractivity contribution is 7.11. The number of aromatic amines is 1. The zero-order valence-corrected chi connectivity index (χ0v) is 14.3. The first-order valence-electron chi connectivity index (χ1n) is 7.21. The van der Waals surface area contributed by atoms with Crippen molar-refractivity contribution in [1.29, 1.82) is 0 Å². The predicted molar refractivity (Wildman–Crippen MR) is 87.0 cm³/mol. The Morgan fingerprint density at radius 2 is 2.00 bits per heavy atom. The molecule has 1 atom stereocenters. The summed E-state index contributed by atoms with van der Waals surface area (Å²) in [7, 11) is 1.85. The van der Waals surface area contributed by atoms with E-state index in [2.05, 4.69) is 30.7 Å². The van der Waals surface area contributed by atoms with Crippen LogP contribution in [-0.2, 0) is 0 Å². The summed E-state index contributed by atoms with van der Waals surface area (Å²) in [5.74, 6) is 0.461. The average molecular weight is 305 g/mol. The molecular formula is C16H23N3OS. The lowest BCUT2D eigenvalue weighted by Gasteiger charge is -2.24. The maximum Gasteiger partial charge on any atom is 0.255 e. The summed E-state index contributed by atoms with van der Waals surface area (Å²) in [6.07, 6.45) is 1.80. The topological polar surface area (TPSA) is 49.0 Å². The highest BCUT2D eigenvalue weighted by Gasteiger charge is 2.24. The van der Waals surface area contributed by atoms with Gasteiger partial charge in [0.1, 0.15) is 0 Å². The number of carbonyl (C=O) groups is 1. The van der Waals surface area contributed by atoms with Crippen molar-refractivity contribution < 1.29 is 4.79 Å². The molecule has 0 aliphatic rings. The second-order valence-electron chi connectivity index (χ2n) is 5.76. The molecule has 0 aliphatic heterocycles. The zero-order chi connectivity index (χ0) is 15.7. The molecule has 0 radical (unpaired) electrons. The normalized spacial score (nSPS) is 12.7. The summed E-state index contributed by atoms with van der Waals surface area (Å²) < 4.78 is 0. The minimum Gasteiger partial charge on any atom is -0.365 e. The van der Waals surface area contributed by atoms with Gasteiger partial charge in [0.2, 0.25) is 0 Å². The van der Waals surface area contributed by atoms with Gasteiger partial charge in [0.25, 0.3) is 5.91 Å². The quantitative estimate of drug-likeness (QED) is 0.926. The van der Waals surface area contributed by atoms with Gasteiger partial charge in [-0.25, -0.2) is 4.98 Å². The second kappa shape index (κ2) is 6.02. The van der Waals surface area contributed by atoms with Crippen LogP contribution >= 0.6 is 11.3 Å². The Hall–Kier alpha value is -1.62. The molecule has 4 nitrogen and oxygen atoms in total. The predicted octanol–water partition coefficient (Wildman–Crippen LogP) is 4.04. The Balaban J connectivity index is 2.25. The third-order valence-electron chi connectivity index (χ3n) is 3.81. The molecule has 1 N–H and O–H groups in total. The van der Waals surface area contributed by atoms with Crippen molar-refractivity contribution in [3.63, 3.8) is 0 Å². The Bertz CT molecular complexity index is 642. The molecule has 1 unspecified atom stereocenters. The number of thiazole rings is 1. The van der Waals surface area contributed by atoms with Gasteiger partial charge in [-0.15, -0.1) is 11.3 Å². The number of hydrogen-bond acceptors (Lipinski definition) is 3. The van der Waals surface area contributed by atoms with Gasteiger partial charge in [0.05, 0.1) is 22.3 Å². The lowest BCUT2D eigenvalue weighted by Crippen LogP contribution is -2.29. The highest BCUT2D eigenvalue weighted by Crippen LogP contribution is 2.32. The maximum absolute atomic E-state index is 12.6. The first kappa shape index (κ1) is 15.8. The lowest BCUT2D eigenvalue weighted by atomic mass is 10.1. The fraction of sp³-hybridized carbons (Fsp3) is 0.500. The molecule has 0 bridgehead atoms. The molecule has 0 aliphatic carbocycles. The van der Waals surface area contributed by atoms with Crippen LogP contribution in [0.15, 0.2) is 12.3 Å². The van der Waals surface area contributed by atoms with E-state index in [1.807, 2.05) is 27.0 Å². The van der Waals surface area contributed by atoms with Crippen molar-refractivity contribution in [2.45, 2.75) is 46.6 Å². The van der Waals surface area contributed by atoms with Crippen molar-refractivity contribution in [1.82, 2.24) is 14.9 Å². The minimum absolute atomic E-state index is 0.0248. The van der Waals surface area contributed by atoms with Gasteiger partial charge in [-0.3, -0.25) is 4.79 Å². The fourth-order valence-corrected chi connectivity index (χ4v) is 3.46. The first-order chi connectivity index (χ1) is 9.82. The summed E-state index contributed by atoms with van der Waals surface area (Å²) in [6.45, 7) is 10.3. The summed E-state index contributed by atoms with van der Waals surface area (Å²) in [5, 5.41) is 1.13. The third kappa shape index (κ3) is 3.02. The van der Waals surface area contributed by atoms with Crippen LogP contribution in [0.25, 0.3) is 0 Å². The number of nitrogens with zero attached hydrogens (tertiary/aromatic N) is 2. The van der Waals surface area contributed by atoms with E-state index in [1.165, 1.54) is 4.88 Å². The number of nitrogens with one attached hydrogen (secondary N) is 1. The lowest BCUT2D eigenvalue weighted by molar-refractivity contribution is 0.0744. The molecular weight excluding hydrogens is 282 g/mol. The molecule has 0 spiro atoms. The number of hydrogen-bond donors (Lipinski definition) is 1. The van der Waals surface area contributed by atoms with E-state index in [0.29, 0.717) is 5.92 Å². The van der Waals surface area contributed by atoms with E-state index in [9.17, 15) is 4.79 Å². The highest BCUT2D eigenvalue weighted by atomic mass is 32.1. The van der Waals surface area contributed by atoms with Crippen molar-refractivity contribution in [2.75, 3.05) is 7.05 Å². The summed E-state index contributed by atoms with van der Waals surface area (Å²) in [5.41, 5.74) is 2.67. The molecule has 2 aromatic rings. The van der Waals surface area contributed by atoms with E-state index < -0.39 is 0 Å². The summed E-state index contributed by atoms with van der Waals surface area (Å²) in [4.78, 5) is 23.2. The largest absolute Gasteiger partial charge is 0.365 e. The molecule has 1 amide bonds. The zero-order valence-electron chi connectivity index (χ0n) is 13.5. The van der Waals surface area contributed by atoms with Gasteiger partial charge >= 0.3 is 0 Å². The van der Waals surface area contributed by atoms with Crippen molar-refractivity contribution >= 4 is 17.2 Å². The van der Waals surface area contributed by atoms with E-state index in [-0.39, 0.29) is 11.9 Å². The smallest absolute Gasteiger partial charge is 0.255 e. The number of aryl methyl sites for hydroxylation is 2. The van der Waals surface area contributed by atoms with Gasteiger partial charge < -0.3 is 9.88 Å². The van der Waals surface area contributed by atoms with Crippen LogP contribution in [0.1, 0.15) is 64.4 Å². The van der Waals surface area contributed by atoms with Crippen molar-refractivity contribution in [3.8, 4) is 0 Å².